The predicted molar refractivity (Wildman–Crippen MR) is 69.8 cm³/mol. The summed E-state index contributed by atoms with van der Waals surface area (Å²) in [6.45, 7) is 0. The van der Waals surface area contributed by atoms with E-state index >= 15 is 4.39 Å². The third-order valence-electron chi connectivity index (χ3n) is 2.74. The summed E-state index contributed by atoms with van der Waals surface area (Å²) in [6, 6.07) is 7.58. The van der Waals surface area contributed by atoms with Gasteiger partial charge in [-0.1, -0.05) is 24.3 Å². The lowest BCUT2D eigenvalue weighted by molar-refractivity contribution is 0.200. The van der Waals surface area contributed by atoms with Crippen LogP contribution in [0.4, 0.5) is 4.39 Å². The zero-order valence-corrected chi connectivity index (χ0v) is 10.5. The van der Waals surface area contributed by atoms with Gasteiger partial charge in [0.25, 0.3) is 0 Å². The maximum atomic E-state index is 15.2. The zero-order valence-electron chi connectivity index (χ0n) is 8.89. The van der Waals surface area contributed by atoms with E-state index in [2.05, 4.69) is 12.2 Å². The molecule has 2 aromatic heterocycles. The predicted octanol–water partition coefficient (Wildman–Crippen LogP) is 4.49. The Morgan fingerprint density at radius 2 is 1.94 bits per heavy atom. The molecular weight excluding hydrogens is 251 g/mol. The van der Waals surface area contributed by atoms with Crippen molar-refractivity contribution < 1.29 is 4.39 Å². The van der Waals surface area contributed by atoms with Crippen LogP contribution in [0.3, 0.4) is 0 Å². The lowest BCUT2D eigenvalue weighted by Gasteiger charge is -2.28. The number of alkyl halides is 1. The number of rotatable bonds is 2. The highest BCUT2D eigenvalue weighted by atomic mass is 32.1. The van der Waals surface area contributed by atoms with Crippen LogP contribution in [-0.4, -0.2) is 0 Å². The van der Waals surface area contributed by atoms with Crippen LogP contribution in [0.1, 0.15) is 15.7 Å². The Labute approximate surface area is 108 Å². The highest BCUT2D eigenvalue weighted by Crippen LogP contribution is 2.46. The van der Waals surface area contributed by atoms with E-state index in [1.165, 1.54) is 11.3 Å². The Hall–Kier alpha value is -1.19. The first-order valence-corrected chi connectivity index (χ1v) is 7.02. The Kier molecular flexibility index (Phi) is 2.73. The molecule has 0 amide bonds. The average Bonchev–Trinajstić information content (AvgIpc) is 3.03. The molecule has 0 nitrogen and oxygen atoms in total. The Bertz CT molecular complexity index is 537. The summed E-state index contributed by atoms with van der Waals surface area (Å²) in [5, 5.41) is 3.85. The normalized spacial score (nSPS) is 27.5. The first kappa shape index (κ1) is 10.9. The molecule has 0 N–H and O–H groups in total. The second-order valence-electron chi connectivity index (χ2n) is 3.78. The Morgan fingerprint density at radius 3 is 2.65 bits per heavy atom. The fourth-order valence-electron chi connectivity index (χ4n) is 1.94. The van der Waals surface area contributed by atoms with Gasteiger partial charge in [-0.3, -0.25) is 0 Å². The molecular formula is C14H9FS2. The van der Waals surface area contributed by atoms with Crippen molar-refractivity contribution in [3.05, 3.63) is 69.1 Å². The Balaban J connectivity index is 2.08. The molecule has 2 aromatic rings. The molecule has 0 saturated heterocycles. The van der Waals surface area contributed by atoms with Gasteiger partial charge in [0.1, 0.15) is 0 Å². The minimum absolute atomic E-state index is 0.383. The molecule has 0 bridgehead atoms. The van der Waals surface area contributed by atoms with Gasteiger partial charge in [-0.05, 0) is 29.0 Å². The highest BCUT2D eigenvalue weighted by molar-refractivity contribution is 7.10. The second kappa shape index (κ2) is 4.24. The van der Waals surface area contributed by atoms with Gasteiger partial charge in [-0.25, -0.2) is 4.39 Å². The summed E-state index contributed by atoms with van der Waals surface area (Å²) in [6.07, 6.45) is 9.30. The molecule has 0 aromatic carbocycles. The van der Waals surface area contributed by atoms with E-state index in [9.17, 15) is 0 Å². The van der Waals surface area contributed by atoms with E-state index < -0.39 is 5.67 Å². The maximum absolute atomic E-state index is 15.2. The molecule has 3 rings (SSSR count). The third-order valence-corrected chi connectivity index (χ3v) is 4.66. The molecule has 0 aliphatic heterocycles. The minimum Gasteiger partial charge on any atom is -0.231 e. The molecule has 1 aliphatic rings. The summed E-state index contributed by atoms with van der Waals surface area (Å²) in [4.78, 5) is 1.67. The Morgan fingerprint density at radius 1 is 1.12 bits per heavy atom. The first-order valence-electron chi connectivity index (χ1n) is 5.26. The molecule has 2 atom stereocenters. The highest BCUT2D eigenvalue weighted by Gasteiger charge is 2.41. The number of thiophene rings is 2. The quantitative estimate of drug-likeness (QED) is 0.746. The minimum atomic E-state index is -1.58. The van der Waals surface area contributed by atoms with E-state index in [-0.39, 0.29) is 5.92 Å². The molecule has 2 radical (unpaired) electrons. The van der Waals surface area contributed by atoms with Crippen LogP contribution in [0.25, 0.3) is 0 Å². The van der Waals surface area contributed by atoms with Crippen LogP contribution < -0.4 is 0 Å². The lowest BCUT2D eigenvalue weighted by atomic mass is 9.83. The topological polar surface area (TPSA) is 0 Å². The van der Waals surface area contributed by atoms with Crippen molar-refractivity contribution in [3.8, 4) is 0 Å². The summed E-state index contributed by atoms with van der Waals surface area (Å²) >= 11 is 2.98. The van der Waals surface area contributed by atoms with Crippen molar-refractivity contribution in [1.29, 1.82) is 0 Å². The van der Waals surface area contributed by atoms with Crippen molar-refractivity contribution in [2.24, 2.45) is 0 Å². The van der Waals surface area contributed by atoms with Crippen LogP contribution in [-0.2, 0) is 5.67 Å². The molecule has 2 heterocycles. The molecule has 1 aliphatic carbocycles. The van der Waals surface area contributed by atoms with Gasteiger partial charge in [0.2, 0.25) is 0 Å². The number of allylic oxidation sites excluding steroid dienone is 4. The standard InChI is InChI=1S/C14H9FS2/c15-14(13-7-4-10-17-13)8-2-1-5-11(14)12-6-3-9-16-12/h1-4,6-7,9-11H. The zero-order chi connectivity index (χ0) is 11.7. The molecule has 0 spiro atoms. The van der Waals surface area contributed by atoms with E-state index in [0.29, 0.717) is 4.88 Å². The molecule has 2 unspecified atom stereocenters. The van der Waals surface area contributed by atoms with Crippen LogP contribution >= 0.6 is 22.7 Å². The summed E-state index contributed by atoms with van der Waals surface area (Å²) in [5.41, 5.74) is -1.58. The van der Waals surface area contributed by atoms with Gasteiger partial charge in [0, 0.05) is 15.8 Å². The molecule has 0 fully saturated rings. The maximum Gasteiger partial charge on any atom is 0.182 e. The number of halogens is 1. The van der Waals surface area contributed by atoms with E-state index in [0.717, 1.165) is 4.88 Å². The molecule has 84 valence electrons. The van der Waals surface area contributed by atoms with Gasteiger partial charge in [-0.15, -0.1) is 22.7 Å². The van der Waals surface area contributed by atoms with E-state index in [1.807, 2.05) is 35.0 Å². The average molecular weight is 260 g/mol. The van der Waals surface area contributed by atoms with Gasteiger partial charge in [-0.2, -0.15) is 0 Å². The smallest absolute Gasteiger partial charge is 0.182 e. The van der Waals surface area contributed by atoms with E-state index in [4.69, 9.17) is 0 Å². The summed E-state index contributed by atoms with van der Waals surface area (Å²) < 4.78 is 15.2. The van der Waals surface area contributed by atoms with Gasteiger partial charge >= 0.3 is 0 Å². The lowest BCUT2D eigenvalue weighted by Crippen LogP contribution is -2.26. The monoisotopic (exact) mass is 260 g/mol. The van der Waals surface area contributed by atoms with Crippen molar-refractivity contribution in [3.63, 3.8) is 0 Å². The first-order chi connectivity index (χ1) is 8.31. The number of hydrogen-bond donors (Lipinski definition) is 0. The van der Waals surface area contributed by atoms with Crippen LogP contribution in [0.15, 0.2) is 47.2 Å². The molecule has 0 saturated carbocycles. The van der Waals surface area contributed by atoms with Crippen LogP contribution in [0, 0.1) is 12.2 Å². The van der Waals surface area contributed by atoms with Crippen molar-refractivity contribution in [2.75, 3.05) is 0 Å². The molecule has 3 heteroatoms. The van der Waals surface area contributed by atoms with Crippen LogP contribution in [0.2, 0.25) is 0 Å². The van der Waals surface area contributed by atoms with E-state index in [1.54, 1.807) is 23.5 Å². The fraction of sp³-hybridized carbons (Fsp3) is 0.143. The van der Waals surface area contributed by atoms with Gasteiger partial charge < -0.3 is 0 Å². The number of hydrogen-bond acceptors (Lipinski definition) is 2. The fourth-order valence-corrected chi connectivity index (χ4v) is 3.59. The van der Waals surface area contributed by atoms with Crippen LogP contribution in [0.5, 0.6) is 0 Å². The van der Waals surface area contributed by atoms with Crippen molar-refractivity contribution >= 4 is 22.7 Å². The molecule has 17 heavy (non-hydrogen) atoms. The van der Waals surface area contributed by atoms with Gasteiger partial charge in [0.15, 0.2) is 5.67 Å². The van der Waals surface area contributed by atoms with Crippen molar-refractivity contribution in [2.45, 2.75) is 11.6 Å². The summed E-state index contributed by atoms with van der Waals surface area (Å²) in [5.74, 6) is -0.383. The largest absolute Gasteiger partial charge is 0.231 e. The summed E-state index contributed by atoms with van der Waals surface area (Å²) in [7, 11) is 0. The second-order valence-corrected chi connectivity index (χ2v) is 5.71. The van der Waals surface area contributed by atoms with Crippen molar-refractivity contribution in [1.82, 2.24) is 0 Å². The third kappa shape index (κ3) is 1.79. The van der Waals surface area contributed by atoms with Gasteiger partial charge in [0.05, 0.1) is 5.92 Å². The SMILES string of the molecule is FC1(c2cccs2)[C]=CC=[C]C1c1cccs1.